The fraction of sp³-hybridized carbons (Fsp3) is 0.846. The summed E-state index contributed by atoms with van der Waals surface area (Å²) < 4.78 is 2.10. The third-order valence-corrected chi connectivity index (χ3v) is 4.22. The molecular weight excluding hydrogens is 240 g/mol. The highest BCUT2D eigenvalue weighted by molar-refractivity contribution is 5.40. The van der Waals surface area contributed by atoms with Crippen molar-refractivity contribution in [3.8, 4) is 0 Å². The highest BCUT2D eigenvalue weighted by Gasteiger charge is 2.28. The Hall–Kier alpha value is -1.30. The van der Waals surface area contributed by atoms with Crippen molar-refractivity contribution < 1.29 is 0 Å². The van der Waals surface area contributed by atoms with Gasteiger partial charge in [0.2, 0.25) is 11.9 Å². The van der Waals surface area contributed by atoms with E-state index >= 15 is 0 Å². The van der Waals surface area contributed by atoms with E-state index in [1.54, 1.807) is 0 Å². The SMILES string of the molecule is CCC1CC(CC)n2nc(N3CCNCC3)nc2N1. The van der Waals surface area contributed by atoms with E-state index in [2.05, 4.69) is 34.1 Å². The Morgan fingerprint density at radius 2 is 2.00 bits per heavy atom. The molecule has 6 nitrogen and oxygen atoms in total. The molecule has 0 spiro atoms. The quantitative estimate of drug-likeness (QED) is 0.860. The zero-order valence-corrected chi connectivity index (χ0v) is 11.9. The van der Waals surface area contributed by atoms with E-state index in [0.717, 1.165) is 57.3 Å². The van der Waals surface area contributed by atoms with Crippen LogP contribution in [0, 0.1) is 0 Å². The molecule has 2 unspecified atom stereocenters. The molecule has 0 radical (unpaired) electrons. The van der Waals surface area contributed by atoms with Crippen LogP contribution >= 0.6 is 0 Å². The van der Waals surface area contributed by atoms with E-state index in [1.165, 1.54) is 0 Å². The zero-order chi connectivity index (χ0) is 13.2. The summed E-state index contributed by atoms with van der Waals surface area (Å²) >= 11 is 0. The smallest absolute Gasteiger partial charge is 0.246 e. The number of aromatic nitrogens is 3. The van der Waals surface area contributed by atoms with Gasteiger partial charge in [-0.15, -0.1) is 5.10 Å². The molecular formula is C13H24N6. The topological polar surface area (TPSA) is 58.0 Å². The molecule has 106 valence electrons. The van der Waals surface area contributed by atoms with Gasteiger partial charge in [0.15, 0.2) is 0 Å². The molecule has 3 rings (SSSR count). The first-order valence-electron chi connectivity index (χ1n) is 7.50. The maximum atomic E-state index is 4.74. The lowest BCUT2D eigenvalue weighted by Crippen LogP contribution is -2.44. The minimum Gasteiger partial charge on any atom is -0.352 e. The van der Waals surface area contributed by atoms with Gasteiger partial charge in [-0.2, -0.15) is 4.98 Å². The van der Waals surface area contributed by atoms with Gasteiger partial charge in [0.05, 0.1) is 6.04 Å². The maximum absolute atomic E-state index is 4.74. The summed E-state index contributed by atoms with van der Waals surface area (Å²) in [6.07, 6.45) is 3.42. The molecule has 0 aromatic carbocycles. The van der Waals surface area contributed by atoms with E-state index in [9.17, 15) is 0 Å². The van der Waals surface area contributed by atoms with E-state index in [1.807, 2.05) is 0 Å². The largest absolute Gasteiger partial charge is 0.352 e. The average molecular weight is 264 g/mol. The van der Waals surface area contributed by atoms with Crippen molar-refractivity contribution >= 4 is 11.9 Å². The molecule has 1 aromatic heterocycles. The number of nitrogens with one attached hydrogen (secondary N) is 2. The second-order valence-electron chi connectivity index (χ2n) is 5.46. The van der Waals surface area contributed by atoms with Crippen molar-refractivity contribution in [2.75, 3.05) is 36.4 Å². The van der Waals surface area contributed by atoms with Crippen LogP contribution in [0.15, 0.2) is 0 Å². The Bertz CT molecular complexity index is 423. The normalized spacial score (nSPS) is 26.9. The number of piperazine rings is 1. The Balaban J connectivity index is 1.84. The van der Waals surface area contributed by atoms with E-state index in [-0.39, 0.29) is 0 Å². The molecule has 6 heteroatoms. The number of hydrogen-bond donors (Lipinski definition) is 2. The van der Waals surface area contributed by atoms with Crippen molar-refractivity contribution in [1.29, 1.82) is 0 Å². The molecule has 19 heavy (non-hydrogen) atoms. The summed E-state index contributed by atoms with van der Waals surface area (Å²) in [4.78, 5) is 6.98. The Labute approximate surface area is 114 Å². The van der Waals surface area contributed by atoms with Gasteiger partial charge in [-0.1, -0.05) is 13.8 Å². The lowest BCUT2D eigenvalue weighted by molar-refractivity contribution is 0.361. The molecule has 2 N–H and O–H groups in total. The molecule has 1 saturated heterocycles. The number of rotatable bonds is 3. The van der Waals surface area contributed by atoms with Crippen molar-refractivity contribution in [2.24, 2.45) is 0 Å². The van der Waals surface area contributed by atoms with Gasteiger partial charge in [0.1, 0.15) is 0 Å². The van der Waals surface area contributed by atoms with Gasteiger partial charge in [0.25, 0.3) is 0 Å². The van der Waals surface area contributed by atoms with Gasteiger partial charge in [-0.05, 0) is 19.3 Å². The van der Waals surface area contributed by atoms with Gasteiger partial charge < -0.3 is 15.5 Å². The molecule has 0 bridgehead atoms. The minimum absolute atomic E-state index is 0.491. The lowest BCUT2D eigenvalue weighted by Gasteiger charge is -2.29. The predicted molar refractivity (Wildman–Crippen MR) is 76.8 cm³/mol. The van der Waals surface area contributed by atoms with E-state index < -0.39 is 0 Å². The lowest BCUT2D eigenvalue weighted by atomic mass is 10.0. The maximum Gasteiger partial charge on any atom is 0.246 e. The summed E-state index contributed by atoms with van der Waals surface area (Å²) in [5, 5.41) is 11.6. The van der Waals surface area contributed by atoms with Crippen LogP contribution < -0.4 is 15.5 Å². The van der Waals surface area contributed by atoms with Gasteiger partial charge in [-0.25, -0.2) is 4.68 Å². The van der Waals surface area contributed by atoms with Crippen molar-refractivity contribution in [1.82, 2.24) is 20.1 Å². The number of nitrogens with zero attached hydrogens (tertiary/aromatic N) is 4. The molecule has 0 saturated carbocycles. The first-order valence-corrected chi connectivity index (χ1v) is 7.50. The van der Waals surface area contributed by atoms with E-state index in [4.69, 9.17) is 10.1 Å². The van der Waals surface area contributed by atoms with Crippen LogP contribution in [0.1, 0.15) is 39.2 Å². The van der Waals surface area contributed by atoms with E-state index in [0.29, 0.717) is 12.1 Å². The van der Waals surface area contributed by atoms with Crippen LogP contribution in [-0.2, 0) is 0 Å². The number of fused-ring (bicyclic) bond motifs is 1. The molecule has 1 fully saturated rings. The highest BCUT2D eigenvalue weighted by atomic mass is 15.5. The molecule has 2 aliphatic heterocycles. The fourth-order valence-corrected chi connectivity index (χ4v) is 2.94. The molecule has 0 amide bonds. The zero-order valence-electron chi connectivity index (χ0n) is 11.9. The van der Waals surface area contributed by atoms with Gasteiger partial charge >= 0.3 is 0 Å². The summed E-state index contributed by atoms with van der Waals surface area (Å²) in [7, 11) is 0. The van der Waals surface area contributed by atoms with Gasteiger partial charge in [0, 0.05) is 32.2 Å². The molecule has 0 aliphatic carbocycles. The standard InChI is InChI=1S/C13H24N6/c1-3-10-9-11(4-2)19-12(15-10)16-13(17-19)18-7-5-14-6-8-18/h10-11,14H,3-9H2,1-2H3,(H,15,16,17). The monoisotopic (exact) mass is 264 g/mol. The summed E-state index contributed by atoms with van der Waals surface area (Å²) in [6, 6.07) is 1.03. The fourth-order valence-electron chi connectivity index (χ4n) is 2.94. The Morgan fingerprint density at radius 1 is 1.21 bits per heavy atom. The first kappa shape index (κ1) is 12.7. The predicted octanol–water partition coefficient (Wildman–Crippen LogP) is 1.23. The molecule has 2 atom stereocenters. The van der Waals surface area contributed by atoms with Crippen LogP contribution in [0.5, 0.6) is 0 Å². The Morgan fingerprint density at radius 3 is 2.68 bits per heavy atom. The summed E-state index contributed by atoms with van der Waals surface area (Å²) in [6.45, 7) is 8.50. The second-order valence-corrected chi connectivity index (χ2v) is 5.46. The number of hydrogen-bond acceptors (Lipinski definition) is 5. The number of anilines is 2. The minimum atomic E-state index is 0.491. The first-order chi connectivity index (χ1) is 9.31. The van der Waals surface area contributed by atoms with Crippen LogP contribution in [-0.4, -0.2) is 47.0 Å². The van der Waals surface area contributed by atoms with Crippen LogP contribution in [0.3, 0.4) is 0 Å². The Kier molecular flexibility index (Phi) is 3.59. The third kappa shape index (κ3) is 2.41. The van der Waals surface area contributed by atoms with Crippen LogP contribution in [0.2, 0.25) is 0 Å². The second kappa shape index (κ2) is 5.36. The van der Waals surface area contributed by atoms with Crippen LogP contribution in [0.25, 0.3) is 0 Å². The highest BCUT2D eigenvalue weighted by Crippen LogP contribution is 2.30. The van der Waals surface area contributed by atoms with Crippen molar-refractivity contribution in [3.63, 3.8) is 0 Å². The van der Waals surface area contributed by atoms with Crippen LogP contribution in [0.4, 0.5) is 11.9 Å². The summed E-state index contributed by atoms with van der Waals surface area (Å²) in [5.41, 5.74) is 0. The average Bonchev–Trinajstić information content (AvgIpc) is 2.91. The third-order valence-electron chi connectivity index (χ3n) is 4.22. The van der Waals surface area contributed by atoms with Crippen molar-refractivity contribution in [2.45, 2.75) is 45.2 Å². The molecule has 3 heterocycles. The molecule has 2 aliphatic rings. The molecule has 1 aromatic rings. The summed E-state index contributed by atoms with van der Waals surface area (Å²) in [5.74, 6) is 1.85. The van der Waals surface area contributed by atoms with Gasteiger partial charge in [-0.3, -0.25) is 0 Å². The van der Waals surface area contributed by atoms with Crippen molar-refractivity contribution in [3.05, 3.63) is 0 Å².